The van der Waals surface area contributed by atoms with Crippen LogP contribution in [0.1, 0.15) is 12.5 Å². The second-order valence-corrected chi connectivity index (χ2v) is 6.01. The third kappa shape index (κ3) is 5.05. The van der Waals surface area contributed by atoms with Crippen molar-refractivity contribution in [1.82, 2.24) is 10.2 Å². The molecule has 1 atom stereocenters. The molecule has 4 nitrogen and oxygen atoms in total. The zero-order chi connectivity index (χ0) is 13.8. The number of aryl methyl sites for hydroxylation is 1. The summed E-state index contributed by atoms with van der Waals surface area (Å²) in [6, 6.07) is 6.33. The number of benzene rings is 1. The number of halogens is 2. The van der Waals surface area contributed by atoms with Crippen molar-refractivity contribution in [3.05, 3.63) is 28.2 Å². The van der Waals surface area contributed by atoms with Crippen LogP contribution in [0.2, 0.25) is 0 Å². The maximum Gasteiger partial charge on any atom is 0.238 e. The lowest BCUT2D eigenvalue weighted by Crippen LogP contribution is -2.51. The van der Waals surface area contributed by atoms with Crippen LogP contribution in [0.5, 0.6) is 0 Å². The minimum Gasteiger partial charge on any atom is -0.325 e. The number of piperazine rings is 1. The number of carbonyl (C=O) groups excluding carboxylic acids is 1. The first-order valence-electron chi connectivity index (χ1n) is 6.56. The first-order chi connectivity index (χ1) is 9.04. The molecule has 0 aromatic heterocycles. The standard InChI is InChI=1S/C14H20BrN3O.ClH/c1-10-7-12(15)3-4-13(10)17-14(19)9-18-6-5-16-11(2)8-18;/h3-4,7,11,16H,5-6,8-9H2,1-2H3,(H,17,19);1H. The van der Waals surface area contributed by atoms with Gasteiger partial charge in [0.05, 0.1) is 6.54 Å². The van der Waals surface area contributed by atoms with Crippen molar-refractivity contribution in [1.29, 1.82) is 0 Å². The molecular formula is C14H21BrClN3O. The van der Waals surface area contributed by atoms with E-state index in [2.05, 4.69) is 38.4 Å². The summed E-state index contributed by atoms with van der Waals surface area (Å²) in [5.41, 5.74) is 1.95. The van der Waals surface area contributed by atoms with Gasteiger partial charge in [0.25, 0.3) is 0 Å². The van der Waals surface area contributed by atoms with E-state index in [1.165, 1.54) is 0 Å². The molecule has 1 aromatic rings. The Morgan fingerprint density at radius 2 is 2.30 bits per heavy atom. The van der Waals surface area contributed by atoms with Crippen LogP contribution >= 0.6 is 28.3 Å². The van der Waals surface area contributed by atoms with E-state index >= 15 is 0 Å². The third-order valence-electron chi connectivity index (χ3n) is 3.28. The molecule has 6 heteroatoms. The molecule has 2 N–H and O–H groups in total. The Kier molecular flexibility index (Phi) is 6.95. The average Bonchev–Trinajstić information content (AvgIpc) is 2.33. The van der Waals surface area contributed by atoms with E-state index in [4.69, 9.17) is 0 Å². The van der Waals surface area contributed by atoms with Gasteiger partial charge < -0.3 is 10.6 Å². The lowest BCUT2D eigenvalue weighted by atomic mass is 10.2. The fourth-order valence-electron chi connectivity index (χ4n) is 2.32. The summed E-state index contributed by atoms with van der Waals surface area (Å²) in [5.74, 6) is 0.0551. The van der Waals surface area contributed by atoms with Gasteiger partial charge in [-0.3, -0.25) is 9.69 Å². The fourth-order valence-corrected chi connectivity index (χ4v) is 2.79. The maximum absolute atomic E-state index is 12.0. The zero-order valence-corrected chi connectivity index (χ0v) is 14.2. The molecule has 0 spiro atoms. The summed E-state index contributed by atoms with van der Waals surface area (Å²) in [7, 11) is 0. The minimum atomic E-state index is 0. The molecule has 1 fully saturated rings. The maximum atomic E-state index is 12.0. The van der Waals surface area contributed by atoms with Gasteiger partial charge in [0.15, 0.2) is 0 Å². The number of rotatable bonds is 3. The van der Waals surface area contributed by atoms with Crippen LogP contribution in [-0.2, 0) is 4.79 Å². The van der Waals surface area contributed by atoms with Crippen LogP contribution in [0.15, 0.2) is 22.7 Å². The monoisotopic (exact) mass is 361 g/mol. The predicted octanol–water partition coefficient (Wildman–Crippen LogP) is 2.41. The van der Waals surface area contributed by atoms with E-state index in [1.54, 1.807) is 0 Å². The van der Waals surface area contributed by atoms with Crippen molar-refractivity contribution in [2.75, 3.05) is 31.5 Å². The van der Waals surface area contributed by atoms with Crippen molar-refractivity contribution < 1.29 is 4.79 Å². The fraction of sp³-hybridized carbons (Fsp3) is 0.500. The summed E-state index contributed by atoms with van der Waals surface area (Å²) < 4.78 is 1.03. The Bertz CT molecular complexity index is 470. The van der Waals surface area contributed by atoms with Gasteiger partial charge in [0, 0.05) is 35.8 Å². The molecule has 1 aliphatic rings. The summed E-state index contributed by atoms with van der Waals surface area (Å²) in [4.78, 5) is 14.2. The van der Waals surface area contributed by atoms with Crippen LogP contribution in [0.3, 0.4) is 0 Å². The molecule has 1 saturated heterocycles. The average molecular weight is 363 g/mol. The molecule has 0 bridgehead atoms. The van der Waals surface area contributed by atoms with Gasteiger partial charge in [-0.15, -0.1) is 12.4 Å². The second-order valence-electron chi connectivity index (χ2n) is 5.10. The Hall–Kier alpha value is -0.620. The van der Waals surface area contributed by atoms with E-state index < -0.39 is 0 Å². The topological polar surface area (TPSA) is 44.4 Å². The summed E-state index contributed by atoms with van der Waals surface area (Å²) in [5, 5.41) is 6.35. The van der Waals surface area contributed by atoms with Crippen molar-refractivity contribution in [2.24, 2.45) is 0 Å². The Balaban J connectivity index is 0.00000200. The first-order valence-corrected chi connectivity index (χ1v) is 7.35. The van der Waals surface area contributed by atoms with E-state index in [9.17, 15) is 4.79 Å². The van der Waals surface area contributed by atoms with Crippen molar-refractivity contribution in [3.8, 4) is 0 Å². The molecular weight excluding hydrogens is 342 g/mol. The highest BCUT2D eigenvalue weighted by atomic mass is 79.9. The van der Waals surface area contributed by atoms with Crippen molar-refractivity contribution in [3.63, 3.8) is 0 Å². The van der Waals surface area contributed by atoms with Gasteiger partial charge in [-0.1, -0.05) is 15.9 Å². The van der Waals surface area contributed by atoms with E-state index in [0.29, 0.717) is 12.6 Å². The summed E-state index contributed by atoms with van der Waals surface area (Å²) in [6.45, 7) is 7.40. The van der Waals surface area contributed by atoms with Gasteiger partial charge in [0.1, 0.15) is 0 Å². The van der Waals surface area contributed by atoms with Crippen molar-refractivity contribution in [2.45, 2.75) is 19.9 Å². The van der Waals surface area contributed by atoms with E-state index in [1.807, 2.05) is 25.1 Å². The molecule has 112 valence electrons. The molecule has 0 radical (unpaired) electrons. The number of anilines is 1. The van der Waals surface area contributed by atoms with Gasteiger partial charge in [-0.2, -0.15) is 0 Å². The van der Waals surface area contributed by atoms with Gasteiger partial charge in [-0.25, -0.2) is 0 Å². The number of hydrogen-bond acceptors (Lipinski definition) is 3. The van der Waals surface area contributed by atoms with Crippen LogP contribution in [0.4, 0.5) is 5.69 Å². The minimum absolute atomic E-state index is 0. The third-order valence-corrected chi connectivity index (χ3v) is 3.78. The van der Waals surface area contributed by atoms with E-state index in [0.717, 1.165) is 35.4 Å². The van der Waals surface area contributed by atoms with Gasteiger partial charge >= 0.3 is 0 Å². The molecule has 1 unspecified atom stereocenters. The summed E-state index contributed by atoms with van der Waals surface area (Å²) >= 11 is 3.42. The normalized spacial score (nSPS) is 19.2. The Morgan fingerprint density at radius 3 is 2.95 bits per heavy atom. The predicted molar refractivity (Wildman–Crippen MR) is 88.7 cm³/mol. The lowest BCUT2D eigenvalue weighted by molar-refractivity contribution is -0.117. The number of nitrogens with one attached hydrogen (secondary N) is 2. The highest BCUT2D eigenvalue weighted by molar-refractivity contribution is 9.10. The first kappa shape index (κ1) is 17.4. The number of carbonyl (C=O) groups is 1. The van der Waals surface area contributed by atoms with Gasteiger partial charge in [0.2, 0.25) is 5.91 Å². The largest absolute Gasteiger partial charge is 0.325 e. The lowest BCUT2D eigenvalue weighted by Gasteiger charge is -2.31. The molecule has 1 aliphatic heterocycles. The molecule has 20 heavy (non-hydrogen) atoms. The highest BCUT2D eigenvalue weighted by Gasteiger charge is 2.18. The molecule has 2 rings (SSSR count). The zero-order valence-electron chi connectivity index (χ0n) is 11.8. The molecule has 0 aliphatic carbocycles. The molecule has 1 aromatic carbocycles. The van der Waals surface area contributed by atoms with Gasteiger partial charge in [-0.05, 0) is 37.6 Å². The Labute approximate surface area is 134 Å². The Morgan fingerprint density at radius 1 is 1.55 bits per heavy atom. The number of hydrogen-bond donors (Lipinski definition) is 2. The van der Waals surface area contributed by atoms with Crippen molar-refractivity contribution >= 4 is 39.9 Å². The number of amides is 1. The smallest absolute Gasteiger partial charge is 0.238 e. The van der Waals surface area contributed by atoms with Crippen LogP contribution < -0.4 is 10.6 Å². The van der Waals surface area contributed by atoms with E-state index in [-0.39, 0.29) is 18.3 Å². The quantitative estimate of drug-likeness (QED) is 0.868. The SMILES string of the molecule is Cc1cc(Br)ccc1NC(=O)CN1CCNC(C)C1.Cl. The summed E-state index contributed by atoms with van der Waals surface area (Å²) in [6.07, 6.45) is 0. The molecule has 0 saturated carbocycles. The van der Waals surface area contributed by atoms with Crippen LogP contribution in [0.25, 0.3) is 0 Å². The van der Waals surface area contributed by atoms with Crippen LogP contribution in [-0.4, -0.2) is 43.0 Å². The molecule has 1 heterocycles. The number of nitrogens with zero attached hydrogens (tertiary/aromatic N) is 1. The highest BCUT2D eigenvalue weighted by Crippen LogP contribution is 2.19. The second kappa shape index (κ2) is 7.98. The van der Waals surface area contributed by atoms with Crippen LogP contribution in [0, 0.1) is 6.92 Å². The molecule has 1 amide bonds.